The van der Waals surface area contributed by atoms with Crippen molar-refractivity contribution in [1.29, 1.82) is 0 Å². The summed E-state index contributed by atoms with van der Waals surface area (Å²) >= 11 is 0. The van der Waals surface area contributed by atoms with E-state index in [9.17, 15) is 0 Å². The lowest BCUT2D eigenvalue weighted by atomic mass is 9.92. The molecule has 0 aromatic heterocycles. The fraction of sp³-hybridized carbons (Fsp3) is 1.00. The fourth-order valence-electron chi connectivity index (χ4n) is 4.28. The van der Waals surface area contributed by atoms with Gasteiger partial charge in [-0.3, -0.25) is 0 Å². The topological polar surface area (TPSA) is 3.24 Å². The standard InChI is InChI=1S/C13H23N/c1-10-7-13(9-14(10)2)8-12(13)11-5-3-4-6-11/h10-12H,3-9H2,1-2H3/t10?,12?,13-/m1/s1. The van der Waals surface area contributed by atoms with Gasteiger partial charge in [0.05, 0.1) is 0 Å². The van der Waals surface area contributed by atoms with Crippen LogP contribution in [-0.2, 0) is 0 Å². The molecule has 2 saturated carbocycles. The Kier molecular flexibility index (Phi) is 1.96. The molecule has 0 radical (unpaired) electrons. The first-order valence-electron chi connectivity index (χ1n) is 6.41. The van der Waals surface area contributed by atoms with E-state index in [2.05, 4.69) is 18.9 Å². The van der Waals surface area contributed by atoms with E-state index in [0.717, 1.165) is 23.3 Å². The number of rotatable bonds is 1. The Morgan fingerprint density at radius 2 is 1.86 bits per heavy atom. The molecule has 2 aliphatic carbocycles. The van der Waals surface area contributed by atoms with Crippen LogP contribution in [0.15, 0.2) is 0 Å². The molecule has 3 aliphatic rings. The SMILES string of the molecule is CC1C[C@@]2(CC2C2CCCC2)CN1C. The Bertz CT molecular complexity index is 219. The summed E-state index contributed by atoms with van der Waals surface area (Å²) in [4.78, 5) is 2.58. The summed E-state index contributed by atoms with van der Waals surface area (Å²) in [5, 5.41) is 0. The number of hydrogen-bond donors (Lipinski definition) is 0. The molecule has 1 heteroatoms. The van der Waals surface area contributed by atoms with Crippen molar-refractivity contribution in [3.05, 3.63) is 0 Å². The largest absolute Gasteiger partial charge is 0.303 e. The van der Waals surface area contributed by atoms with Crippen LogP contribution >= 0.6 is 0 Å². The Morgan fingerprint density at radius 1 is 1.14 bits per heavy atom. The van der Waals surface area contributed by atoms with Gasteiger partial charge in [-0.25, -0.2) is 0 Å². The minimum absolute atomic E-state index is 0.795. The van der Waals surface area contributed by atoms with Crippen LogP contribution in [0.1, 0.15) is 45.4 Å². The predicted octanol–water partition coefficient (Wildman–Crippen LogP) is 2.91. The Morgan fingerprint density at radius 3 is 2.43 bits per heavy atom. The number of likely N-dealkylation sites (tertiary alicyclic amines) is 1. The third-order valence-electron chi connectivity index (χ3n) is 5.24. The normalized spacial score (nSPS) is 49.3. The third-order valence-corrected chi connectivity index (χ3v) is 5.24. The summed E-state index contributed by atoms with van der Waals surface area (Å²) < 4.78 is 0. The van der Waals surface area contributed by atoms with E-state index < -0.39 is 0 Å². The molecule has 80 valence electrons. The van der Waals surface area contributed by atoms with Crippen molar-refractivity contribution in [2.75, 3.05) is 13.6 Å². The lowest BCUT2D eigenvalue weighted by molar-refractivity contribution is 0.312. The second-order valence-electron chi connectivity index (χ2n) is 6.19. The minimum Gasteiger partial charge on any atom is -0.303 e. The van der Waals surface area contributed by atoms with Crippen LogP contribution in [0.2, 0.25) is 0 Å². The van der Waals surface area contributed by atoms with Gasteiger partial charge in [0.2, 0.25) is 0 Å². The molecule has 1 heterocycles. The van der Waals surface area contributed by atoms with Crippen molar-refractivity contribution in [1.82, 2.24) is 4.90 Å². The highest BCUT2D eigenvalue weighted by Gasteiger charge is 2.60. The molecule has 0 aromatic rings. The van der Waals surface area contributed by atoms with Crippen molar-refractivity contribution in [3.8, 4) is 0 Å². The molecule has 1 spiro atoms. The number of nitrogens with zero attached hydrogens (tertiary/aromatic N) is 1. The Labute approximate surface area is 87.9 Å². The van der Waals surface area contributed by atoms with E-state index >= 15 is 0 Å². The highest BCUT2D eigenvalue weighted by Crippen LogP contribution is 2.64. The lowest BCUT2D eigenvalue weighted by Crippen LogP contribution is -2.22. The molecule has 3 atom stereocenters. The molecule has 0 amide bonds. The average molecular weight is 193 g/mol. The zero-order valence-electron chi connectivity index (χ0n) is 9.63. The van der Waals surface area contributed by atoms with Gasteiger partial charge in [-0.1, -0.05) is 25.7 Å². The molecule has 2 unspecified atom stereocenters. The van der Waals surface area contributed by atoms with Crippen LogP contribution in [0, 0.1) is 17.3 Å². The molecule has 0 N–H and O–H groups in total. The first kappa shape index (κ1) is 9.21. The van der Waals surface area contributed by atoms with Crippen LogP contribution in [-0.4, -0.2) is 24.5 Å². The lowest BCUT2D eigenvalue weighted by Gasteiger charge is -2.14. The van der Waals surface area contributed by atoms with E-state index in [1.807, 2.05) is 0 Å². The zero-order chi connectivity index (χ0) is 9.76. The summed E-state index contributed by atoms with van der Waals surface area (Å²) in [6, 6.07) is 0.849. The summed E-state index contributed by atoms with van der Waals surface area (Å²) in [5.74, 6) is 2.24. The minimum atomic E-state index is 0.795. The molecule has 0 bridgehead atoms. The van der Waals surface area contributed by atoms with Gasteiger partial charge in [-0.15, -0.1) is 0 Å². The van der Waals surface area contributed by atoms with Crippen LogP contribution in [0.4, 0.5) is 0 Å². The van der Waals surface area contributed by atoms with Gasteiger partial charge in [0, 0.05) is 12.6 Å². The van der Waals surface area contributed by atoms with Crippen molar-refractivity contribution in [2.24, 2.45) is 17.3 Å². The molecule has 3 fully saturated rings. The highest BCUT2D eigenvalue weighted by atomic mass is 15.2. The molecule has 0 aromatic carbocycles. The second kappa shape index (κ2) is 2.98. The summed E-state index contributed by atoms with van der Waals surface area (Å²) in [6.45, 7) is 3.80. The Balaban J connectivity index is 1.66. The van der Waals surface area contributed by atoms with Gasteiger partial charge in [0.1, 0.15) is 0 Å². The smallest absolute Gasteiger partial charge is 0.00699 e. The molecular formula is C13H23N. The van der Waals surface area contributed by atoms with E-state index in [4.69, 9.17) is 0 Å². The van der Waals surface area contributed by atoms with E-state index in [0.29, 0.717) is 0 Å². The van der Waals surface area contributed by atoms with Crippen molar-refractivity contribution < 1.29 is 0 Å². The predicted molar refractivity (Wildman–Crippen MR) is 59.2 cm³/mol. The summed E-state index contributed by atoms with van der Waals surface area (Å²) in [7, 11) is 2.31. The van der Waals surface area contributed by atoms with E-state index in [1.165, 1.54) is 25.8 Å². The van der Waals surface area contributed by atoms with Gasteiger partial charge in [0.25, 0.3) is 0 Å². The quantitative estimate of drug-likeness (QED) is 0.619. The van der Waals surface area contributed by atoms with Gasteiger partial charge in [-0.05, 0) is 44.1 Å². The molecule has 3 rings (SSSR count). The van der Waals surface area contributed by atoms with Gasteiger partial charge in [-0.2, -0.15) is 0 Å². The highest BCUT2D eigenvalue weighted by molar-refractivity contribution is 5.11. The van der Waals surface area contributed by atoms with Gasteiger partial charge >= 0.3 is 0 Å². The monoisotopic (exact) mass is 193 g/mol. The van der Waals surface area contributed by atoms with E-state index in [-0.39, 0.29) is 0 Å². The summed E-state index contributed by atoms with van der Waals surface area (Å²) in [5.41, 5.74) is 0.795. The van der Waals surface area contributed by atoms with Gasteiger partial charge < -0.3 is 4.90 Å². The van der Waals surface area contributed by atoms with Crippen molar-refractivity contribution >= 4 is 0 Å². The zero-order valence-corrected chi connectivity index (χ0v) is 9.63. The third kappa shape index (κ3) is 1.25. The second-order valence-corrected chi connectivity index (χ2v) is 6.19. The first-order chi connectivity index (χ1) is 6.71. The fourth-order valence-corrected chi connectivity index (χ4v) is 4.28. The molecule has 14 heavy (non-hydrogen) atoms. The molecule has 1 aliphatic heterocycles. The van der Waals surface area contributed by atoms with Crippen molar-refractivity contribution in [3.63, 3.8) is 0 Å². The van der Waals surface area contributed by atoms with E-state index in [1.54, 1.807) is 19.3 Å². The maximum absolute atomic E-state index is 2.58. The maximum Gasteiger partial charge on any atom is 0.00699 e. The average Bonchev–Trinajstić information content (AvgIpc) is 2.56. The van der Waals surface area contributed by atoms with Crippen LogP contribution < -0.4 is 0 Å². The van der Waals surface area contributed by atoms with Crippen LogP contribution in [0.3, 0.4) is 0 Å². The van der Waals surface area contributed by atoms with Gasteiger partial charge in [0.15, 0.2) is 0 Å². The number of hydrogen-bond acceptors (Lipinski definition) is 1. The molecular weight excluding hydrogens is 170 g/mol. The van der Waals surface area contributed by atoms with Crippen molar-refractivity contribution in [2.45, 2.75) is 51.5 Å². The van der Waals surface area contributed by atoms with Crippen LogP contribution in [0.5, 0.6) is 0 Å². The molecule has 1 nitrogen and oxygen atoms in total. The van der Waals surface area contributed by atoms with Crippen LogP contribution in [0.25, 0.3) is 0 Å². The maximum atomic E-state index is 2.58. The summed E-state index contributed by atoms with van der Waals surface area (Å²) in [6.07, 6.45) is 9.18. The Hall–Kier alpha value is -0.0400. The first-order valence-corrected chi connectivity index (χ1v) is 6.41. The molecule has 1 saturated heterocycles.